The fourth-order valence-corrected chi connectivity index (χ4v) is 3.13. The predicted octanol–water partition coefficient (Wildman–Crippen LogP) is 1.94. The fourth-order valence-electron chi connectivity index (χ4n) is 1.85. The minimum atomic E-state index is 0.199. The van der Waals surface area contributed by atoms with E-state index in [9.17, 15) is 0 Å². The first-order valence-electron chi connectivity index (χ1n) is 7.55. The number of rotatable bonds is 9. The van der Waals surface area contributed by atoms with E-state index >= 15 is 0 Å². The van der Waals surface area contributed by atoms with E-state index in [-0.39, 0.29) is 6.61 Å². The second-order valence-corrected chi connectivity index (χ2v) is 8.21. The van der Waals surface area contributed by atoms with Crippen LogP contribution in [0.3, 0.4) is 0 Å². The molecule has 0 aliphatic carbocycles. The zero-order valence-corrected chi connectivity index (χ0v) is 19.8. The molecule has 0 bridgehead atoms. The van der Waals surface area contributed by atoms with Crippen LogP contribution in [0.15, 0.2) is 36.4 Å². The standard InChI is InChI=1S/C18H24N2O.2W/c1-4-20(15-16-21)14-6-8-18-11-9-17(10-12-18)7-5-13-19(2)3;;/h5-12,21H,4,15-16H2,1-3H3;;/b7-5+,8-6+;;. The summed E-state index contributed by atoms with van der Waals surface area (Å²) in [4.78, 5) is 4.33. The van der Waals surface area contributed by atoms with Crippen LogP contribution < -0.4 is 0 Å². The normalized spacial score (nSPS) is 11.9. The van der Waals surface area contributed by atoms with Gasteiger partial charge in [-0.2, -0.15) is 0 Å². The topological polar surface area (TPSA) is 26.7 Å². The van der Waals surface area contributed by atoms with Gasteiger partial charge in [0.25, 0.3) is 0 Å². The zero-order valence-electron chi connectivity index (χ0n) is 13.9. The Morgan fingerprint density at radius 3 is 1.87 bits per heavy atom. The fraction of sp³-hybridized carbons (Fsp3) is 0.333. The number of aliphatic hydroxyl groups is 1. The molecule has 0 atom stereocenters. The van der Waals surface area contributed by atoms with Crippen LogP contribution in [0, 0.1) is 0 Å². The van der Waals surface area contributed by atoms with Crippen LogP contribution in [0.1, 0.15) is 18.1 Å². The Labute approximate surface area is 161 Å². The van der Waals surface area contributed by atoms with E-state index in [4.69, 9.17) is 5.11 Å². The van der Waals surface area contributed by atoms with Gasteiger partial charge in [0.1, 0.15) is 0 Å². The molecule has 0 saturated carbocycles. The molecule has 1 aromatic rings. The molecule has 0 radical (unpaired) electrons. The van der Waals surface area contributed by atoms with Gasteiger partial charge in [0.15, 0.2) is 0 Å². The average Bonchev–Trinajstić information content (AvgIpc) is 2.56. The summed E-state index contributed by atoms with van der Waals surface area (Å²) >= 11 is 2.89. The van der Waals surface area contributed by atoms with Crippen LogP contribution >= 0.6 is 0 Å². The van der Waals surface area contributed by atoms with E-state index in [2.05, 4.69) is 79.4 Å². The van der Waals surface area contributed by atoms with Crippen LogP contribution in [0.2, 0.25) is 0 Å². The van der Waals surface area contributed by atoms with Crippen molar-refractivity contribution in [3.63, 3.8) is 0 Å². The van der Waals surface area contributed by atoms with Gasteiger partial charge >= 0.3 is 162 Å². The van der Waals surface area contributed by atoms with E-state index in [0.717, 1.165) is 6.54 Å². The molecule has 0 aliphatic rings. The Hall–Kier alpha value is -0.303. The first-order chi connectivity index (χ1) is 11.0. The molecule has 0 amide bonds. The number of hydrogen-bond acceptors (Lipinski definition) is 3. The van der Waals surface area contributed by atoms with Gasteiger partial charge in [-0.15, -0.1) is 0 Å². The maximum absolute atomic E-state index is 9.08. The van der Waals surface area contributed by atoms with Crippen LogP contribution in [0.5, 0.6) is 0 Å². The summed E-state index contributed by atoms with van der Waals surface area (Å²) in [5, 5.41) is 9.08. The van der Waals surface area contributed by atoms with Gasteiger partial charge in [0.05, 0.1) is 0 Å². The van der Waals surface area contributed by atoms with Crippen molar-refractivity contribution in [3.8, 4) is 0 Å². The summed E-state index contributed by atoms with van der Waals surface area (Å²) < 4.78 is 2.57. The van der Waals surface area contributed by atoms with Crippen molar-refractivity contribution in [1.29, 1.82) is 0 Å². The van der Waals surface area contributed by atoms with Crippen molar-refractivity contribution < 1.29 is 43.8 Å². The number of aliphatic hydroxyl groups excluding tert-OH is 1. The van der Waals surface area contributed by atoms with Gasteiger partial charge in [-0.3, -0.25) is 0 Å². The molecule has 0 aliphatic heterocycles. The predicted molar refractivity (Wildman–Crippen MR) is 92.5 cm³/mol. The molecular formula is C18H24N2OW2. The van der Waals surface area contributed by atoms with E-state index in [1.165, 1.54) is 57.9 Å². The Morgan fingerprint density at radius 1 is 1.00 bits per heavy atom. The molecule has 1 aromatic carbocycles. The van der Waals surface area contributed by atoms with Crippen LogP contribution in [-0.4, -0.2) is 56.7 Å². The van der Waals surface area contributed by atoms with Gasteiger partial charge in [-0.25, -0.2) is 0 Å². The van der Waals surface area contributed by atoms with Crippen molar-refractivity contribution in [2.75, 3.05) is 33.8 Å². The molecule has 0 spiro atoms. The Balaban J connectivity index is 2.68. The Bertz CT molecular complexity index is 577. The van der Waals surface area contributed by atoms with Crippen LogP contribution in [0.4, 0.5) is 0 Å². The molecule has 23 heavy (non-hydrogen) atoms. The van der Waals surface area contributed by atoms with E-state index in [1.54, 1.807) is 0 Å². The third-order valence-electron chi connectivity index (χ3n) is 3.28. The van der Waals surface area contributed by atoms with Crippen molar-refractivity contribution in [2.45, 2.75) is 6.92 Å². The number of nitrogens with zero attached hydrogens (tertiary/aromatic N) is 2. The van der Waals surface area contributed by atoms with Crippen LogP contribution in [-0.2, 0) is 38.7 Å². The molecule has 5 heteroatoms. The molecule has 1 N–H and O–H groups in total. The number of likely N-dealkylation sites (N-methyl/N-ethyl adjacent to an activating group) is 2. The molecule has 0 unspecified atom stereocenters. The van der Waals surface area contributed by atoms with Crippen molar-refractivity contribution in [1.82, 2.24) is 9.80 Å². The van der Waals surface area contributed by atoms with Crippen molar-refractivity contribution in [3.05, 3.63) is 47.5 Å². The Kier molecular flexibility index (Phi) is 10.2. The third-order valence-corrected chi connectivity index (χ3v) is 6.49. The molecule has 3 nitrogen and oxygen atoms in total. The summed E-state index contributed by atoms with van der Waals surface area (Å²) in [5.74, 6) is 0. The van der Waals surface area contributed by atoms with E-state index in [0.29, 0.717) is 6.54 Å². The van der Waals surface area contributed by atoms with Gasteiger partial charge in [0, 0.05) is 0 Å². The third kappa shape index (κ3) is 7.87. The zero-order chi connectivity index (χ0) is 17.2. The van der Waals surface area contributed by atoms with E-state index < -0.39 is 0 Å². The first kappa shape index (κ1) is 20.7. The van der Waals surface area contributed by atoms with Gasteiger partial charge in [0.2, 0.25) is 0 Å². The summed E-state index contributed by atoms with van der Waals surface area (Å²) in [6.45, 7) is 3.94. The number of hydrogen-bond donors (Lipinski definition) is 1. The number of benzene rings is 1. The molecule has 0 aromatic heterocycles. The summed E-state index contributed by atoms with van der Waals surface area (Å²) in [6, 6.07) is 8.56. The molecule has 124 valence electrons. The molecular weight excluding hydrogens is 628 g/mol. The first-order valence-corrected chi connectivity index (χ1v) is 10.5. The van der Waals surface area contributed by atoms with Crippen molar-refractivity contribution in [2.24, 2.45) is 0 Å². The second kappa shape index (κ2) is 11.3. The average molecular weight is 652 g/mol. The van der Waals surface area contributed by atoms with Gasteiger partial charge in [-0.05, 0) is 0 Å². The quantitative estimate of drug-likeness (QED) is 0.443. The van der Waals surface area contributed by atoms with Crippen LogP contribution in [0.25, 0.3) is 12.2 Å². The van der Waals surface area contributed by atoms with Gasteiger partial charge in [-0.1, -0.05) is 0 Å². The summed E-state index contributed by atoms with van der Waals surface area (Å²) in [6.07, 6.45) is 8.59. The van der Waals surface area contributed by atoms with E-state index in [1.807, 2.05) is 0 Å². The molecule has 0 saturated heterocycles. The summed E-state index contributed by atoms with van der Waals surface area (Å²) in [5.41, 5.74) is 2.41. The SMILES string of the molecule is CCN(CCO)[C](=[W])/C=C/c1ccc(/C=C/[C](=[W])N(C)C)cc1. The molecule has 0 fully saturated rings. The molecule has 0 heterocycles. The molecule has 1 rings (SSSR count). The Morgan fingerprint density at radius 2 is 1.48 bits per heavy atom. The van der Waals surface area contributed by atoms with Gasteiger partial charge < -0.3 is 0 Å². The maximum atomic E-state index is 9.08. The summed E-state index contributed by atoms with van der Waals surface area (Å²) in [7, 11) is 4.13. The monoisotopic (exact) mass is 652 g/mol. The minimum absolute atomic E-state index is 0.199. The second-order valence-electron chi connectivity index (χ2n) is 5.21. The van der Waals surface area contributed by atoms with Crippen molar-refractivity contribution >= 4 is 20.2 Å².